The Morgan fingerprint density at radius 1 is 1.26 bits per heavy atom. The van der Waals surface area contributed by atoms with Crippen molar-refractivity contribution in [3.8, 4) is 0 Å². The van der Waals surface area contributed by atoms with Gasteiger partial charge in [0.1, 0.15) is 0 Å². The number of H-pyrrole nitrogens is 1. The number of fused-ring (bicyclic) bond motifs is 1. The number of aliphatic hydroxyl groups excluding tert-OH is 1. The van der Waals surface area contributed by atoms with E-state index in [0.29, 0.717) is 0 Å². The van der Waals surface area contributed by atoms with Crippen molar-refractivity contribution in [2.45, 2.75) is 51.2 Å². The predicted octanol–water partition coefficient (Wildman–Crippen LogP) is 2.98. The van der Waals surface area contributed by atoms with Gasteiger partial charge in [-0.2, -0.15) is 0 Å². The summed E-state index contributed by atoms with van der Waals surface area (Å²) in [7, 11) is 0. The number of para-hydroxylation sites is 1. The van der Waals surface area contributed by atoms with E-state index >= 15 is 0 Å². The van der Waals surface area contributed by atoms with Crippen molar-refractivity contribution in [1.29, 1.82) is 0 Å². The van der Waals surface area contributed by atoms with E-state index in [1.54, 1.807) is 0 Å². The average molecular weight is 260 g/mol. The maximum Gasteiger partial charge on any atom is 0.0694 e. The molecule has 3 nitrogen and oxygen atoms in total. The van der Waals surface area contributed by atoms with E-state index < -0.39 is 6.10 Å². The van der Waals surface area contributed by atoms with Crippen LogP contribution in [0.4, 0.5) is 0 Å². The minimum atomic E-state index is -0.403. The lowest BCUT2D eigenvalue weighted by atomic mass is 9.98. The van der Waals surface area contributed by atoms with Crippen LogP contribution >= 0.6 is 0 Å². The van der Waals surface area contributed by atoms with Gasteiger partial charge >= 0.3 is 0 Å². The van der Waals surface area contributed by atoms with Crippen LogP contribution in [-0.2, 0) is 6.42 Å². The molecule has 0 amide bonds. The molecule has 0 saturated heterocycles. The number of aliphatic hydroxyl groups is 1. The third-order valence-electron chi connectivity index (χ3n) is 3.73. The van der Waals surface area contributed by atoms with Gasteiger partial charge in [-0.3, -0.25) is 0 Å². The van der Waals surface area contributed by atoms with Gasteiger partial charge in [-0.1, -0.05) is 44.4 Å². The highest BCUT2D eigenvalue weighted by molar-refractivity contribution is 5.83. The number of aromatic amines is 1. The maximum atomic E-state index is 10.1. The second-order valence-electron chi connectivity index (χ2n) is 5.29. The molecule has 0 saturated carbocycles. The largest absolute Gasteiger partial charge is 0.392 e. The lowest BCUT2D eigenvalue weighted by Gasteiger charge is -2.18. The Morgan fingerprint density at radius 3 is 2.84 bits per heavy atom. The number of hydrogen-bond donors (Lipinski definition) is 3. The third-order valence-corrected chi connectivity index (χ3v) is 3.73. The van der Waals surface area contributed by atoms with Gasteiger partial charge < -0.3 is 15.8 Å². The highest BCUT2D eigenvalue weighted by Crippen LogP contribution is 2.20. The molecule has 1 heterocycles. The zero-order valence-corrected chi connectivity index (χ0v) is 11.6. The monoisotopic (exact) mass is 260 g/mol. The highest BCUT2D eigenvalue weighted by atomic mass is 16.3. The van der Waals surface area contributed by atoms with E-state index in [4.69, 9.17) is 5.73 Å². The molecule has 0 aliphatic rings. The van der Waals surface area contributed by atoms with Crippen molar-refractivity contribution in [1.82, 2.24) is 4.98 Å². The van der Waals surface area contributed by atoms with E-state index in [1.807, 2.05) is 18.3 Å². The van der Waals surface area contributed by atoms with Crippen molar-refractivity contribution in [2.24, 2.45) is 5.73 Å². The molecule has 0 aliphatic heterocycles. The second-order valence-corrected chi connectivity index (χ2v) is 5.29. The molecule has 1 aromatic carbocycles. The molecule has 4 N–H and O–H groups in total. The number of rotatable bonds is 7. The van der Waals surface area contributed by atoms with Gasteiger partial charge in [0.2, 0.25) is 0 Å². The fraction of sp³-hybridized carbons (Fsp3) is 0.500. The van der Waals surface area contributed by atoms with Crippen molar-refractivity contribution in [2.75, 3.05) is 0 Å². The minimum Gasteiger partial charge on any atom is -0.392 e. The Kier molecular flexibility index (Phi) is 5.00. The average Bonchev–Trinajstić information content (AvgIpc) is 2.82. The summed E-state index contributed by atoms with van der Waals surface area (Å²) in [6.45, 7) is 2.16. The standard InChI is InChI=1S/C16H24N2O/c1-2-3-4-9-16(19)14(17)10-12-11-18-15-8-6-5-7-13(12)15/h5-8,11,14,16,18-19H,2-4,9-10,17H2,1H3/t14-,16?/m0/s1. The van der Waals surface area contributed by atoms with Crippen LogP contribution in [0.25, 0.3) is 10.9 Å². The molecule has 2 aromatic rings. The van der Waals surface area contributed by atoms with Crippen molar-refractivity contribution in [3.63, 3.8) is 0 Å². The van der Waals surface area contributed by atoms with Crippen LogP contribution in [0.1, 0.15) is 38.2 Å². The van der Waals surface area contributed by atoms with Crippen LogP contribution in [0, 0.1) is 0 Å². The minimum absolute atomic E-state index is 0.184. The Labute approximate surface area is 114 Å². The van der Waals surface area contributed by atoms with Crippen LogP contribution < -0.4 is 5.73 Å². The van der Waals surface area contributed by atoms with Crippen molar-refractivity contribution >= 4 is 10.9 Å². The number of nitrogens with one attached hydrogen (secondary N) is 1. The number of hydrogen-bond acceptors (Lipinski definition) is 2. The van der Waals surface area contributed by atoms with Gasteiger partial charge in [0, 0.05) is 23.1 Å². The first kappa shape index (κ1) is 14.1. The van der Waals surface area contributed by atoms with Gasteiger partial charge in [0.15, 0.2) is 0 Å². The van der Waals surface area contributed by atoms with Crippen LogP contribution in [0.2, 0.25) is 0 Å². The number of unbranched alkanes of at least 4 members (excludes halogenated alkanes) is 2. The third kappa shape index (κ3) is 3.58. The predicted molar refractivity (Wildman–Crippen MR) is 80.1 cm³/mol. The Bertz CT molecular complexity index is 506. The zero-order valence-electron chi connectivity index (χ0n) is 11.6. The lowest BCUT2D eigenvalue weighted by molar-refractivity contribution is 0.131. The molecule has 0 bridgehead atoms. The van der Waals surface area contributed by atoms with Crippen molar-refractivity contribution < 1.29 is 5.11 Å². The van der Waals surface area contributed by atoms with Gasteiger partial charge in [-0.25, -0.2) is 0 Å². The van der Waals surface area contributed by atoms with E-state index in [9.17, 15) is 5.11 Å². The van der Waals surface area contributed by atoms with E-state index in [-0.39, 0.29) is 6.04 Å². The Hall–Kier alpha value is -1.32. The fourth-order valence-corrected chi connectivity index (χ4v) is 2.51. The fourth-order valence-electron chi connectivity index (χ4n) is 2.51. The summed E-state index contributed by atoms with van der Waals surface area (Å²) in [5.41, 5.74) is 8.44. The molecule has 0 spiro atoms. The van der Waals surface area contributed by atoms with Gasteiger partial charge in [0.05, 0.1) is 6.10 Å². The van der Waals surface area contributed by atoms with Crippen LogP contribution in [-0.4, -0.2) is 22.2 Å². The summed E-state index contributed by atoms with van der Waals surface area (Å²) in [4.78, 5) is 3.25. The number of benzene rings is 1. The summed E-state index contributed by atoms with van der Waals surface area (Å²) in [5, 5.41) is 11.3. The number of nitrogens with two attached hydrogens (primary N) is 1. The molecule has 19 heavy (non-hydrogen) atoms. The molecule has 2 atom stereocenters. The lowest BCUT2D eigenvalue weighted by Crippen LogP contribution is -2.36. The molecule has 2 rings (SSSR count). The van der Waals surface area contributed by atoms with Gasteiger partial charge in [0.25, 0.3) is 0 Å². The van der Waals surface area contributed by atoms with Crippen LogP contribution in [0.5, 0.6) is 0 Å². The normalized spacial score (nSPS) is 14.7. The smallest absolute Gasteiger partial charge is 0.0694 e. The summed E-state index contributed by atoms with van der Waals surface area (Å²) in [6.07, 6.45) is 6.51. The first-order valence-corrected chi connectivity index (χ1v) is 7.21. The summed E-state index contributed by atoms with van der Waals surface area (Å²) >= 11 is 0. The first-order valence-electron chi connectivity index (χ1n) is 7.21. The molecule has 0 aliphatic carbocycles. The first-order chi connectivity index (χ1) is 9.22. The molecule has 1 unspecified atom stereocenters. The van der Waals surface area contributed by atoms with Gasteiger partial charge in [-0.05, 0) is 24.5 Å². The van der Waals surface area contributed by atoms with E-state index in [2.05, 4.69) is 24.0 Å². The molecular weight excluding hydrogens is 236 g/mol. The molecular formula is C16H24N2O. The topological polar surface area (TPSA) is 62.0 Å². The molecule has 0 fully saturated rings. The SMILES string of the molecule is CCCCCC(O)[C@@H](N)Cc1c[nH]c2ccccc12. The quantitative estimate of drug-likeness (QED) is 0.670. The summed E-state index contributed by atoms with van der Waals surface area (Å²) in [6, 6.07) is 8.01. The van der Waals surface area contributed by atoms with E-state index in [0.717, 1.165) is 31.2 Å². The van der Waals surface area contributed by atoms with Crippen LogP contribution in [0.15, 0.2) is 30.5 Å². The van der Waals surface area contributed by atoms with Gasteiger partial charge in [-0.15, -0.1) is 0 Å². The van der Waals surface area contributed by atoms with Crippen molar-refractivity contribution in [3.05, 3.63) is 36.0 Å². The second kappa shape index (κ2) is 6.73. The Balaban J connectivity index is 1.96. The zero-order chi connectivity index (χ0) is 13.7. The number of aromatic nitrogens is 1. The summed E-state index contributed by atoms with van der Waals surface area (Å²) in [5.74, 6) is 0. The Morgan fingerprint density at radius 2 is 2.05 bits per heavy atom. The molecule has 0 radical (unpaired) electrons. The maximum absolute atomic E-state index is 10.1. The highest BCUT2D eigenvalue weighted by Gasteiger charge is 2.16. The molecule has 3 heteroatoms. The summed E-state index contributed by atoms with van der Waals surface area (Å²) < 4.78 is 0. The van der Waals surface area contributed by atoms with Crippen LogP contribution in [0.3, 0.4) is 0 Å². The van der Waals surface area contributed by atoms with E-state index in [1.165, 1.54) is 17.4 Å². The molecule has 104 valence electrons. The molecule has 1 aromatic heterocycles.